The van der Waals surface area contributed by atoms with Crippen molar-refractivity contribution in [3.8, 4) is 11.5 Å². The maximum Gasteiger partial charge on any atom is 0.125 e. The van der Waals surface area contributed by atoms with E-state index in [-0.39, 0.29) is 10.8 Å². The van der Waals surface area contributed by atoms with Gasteiger partial charge in [-0.2, -0.15) is 0 Å². The highest BCUT2D eigenvalue weighted by Crippen LogP contribution is 2.46. The Balaban J connectivity index is 2.29. The van der Waals surface area contributed by atoms with Crippen molar-refractivity contribution >= 4 is 0 Å². The first-order chi connectivity index (χ1) is 18.9. The average Bonchev–Trinajstić information content (AvgIpc) is 2.91. The molecule has 0 radical (unpaired) electrons. The quantitative estimate of drug-likeness (QED) is 0.218. The Labute approximate surface area is 244 Å². The van der Waals surface area contributed by atoms with Crippen LogP contribution in [0.1, 0.15) is 115 Å². The zero-order chi connectivity index (χ0) is 29.4. The number of hydrogen-bond acceptors (Lipinski definition) is 3. The van der Waals surface area contributed by atoms with Crippen LogP contribution in [0.4, 0.5) is 0 Å². The average molecular weight is 545 g/mol. The molecule has 0 unspecified atom stereocenters. The molecule has 0 atom stereocenters. The largest absolute Gasteiger partial charge is 0.493 e. The summed E-state index contributed by atoms with van der Waals surface area (Å²) in [6, 6.07) is 23.2. The molecular formula is C37H52O3. The molecule has 3 aromatic carbocycles. The molecule has 40 heavy (non-hydrogen) atoms. The van der Waals surface area contributed by atoms with Gasteiger partial charge in [-0.3, -0.25) is 0 Å². The van der Waals surface area contributed by atoms with E-state index in [2.05, 4.69) is 116 Å². The van der Waals surface area contributed by atoms with Gasteiger partial charge in [-0.25, -0.2) is 0 Å². The van der Waals surface area contributed by atoms with Crippen LogP contribution >= 0.6 is 0 Å². The highest BCUT2D eigenvalue weighted by molar-refractivity contribution is 5.53. The lowest BCUT2D eigenvalue weighted by atomic mass is 9.76. The fourth-order valence-electron chi connectivity index (χ4n) is 4.93. The molecule has 0 aliphatic rings. The lowest BCUT2D eigenvalue weighted by molar-refractivity contribution is 0.0637. The maximum atomic E-state index is 13.1. The Bertz CT molecular complexity index is 1130. The van der Waals surface area contributed by atoms with Crippen LogP contribution in [-0.2, 0) is 22.9 Å². The molecule has 3 heteroatoms. The number of rotatable bonds is 13. The van der Waals surface area contributed by atoms with E-state index < -0.39 is 5.60 Å². The summed E-state index contributed by atoms with van der Waals surface area (Å²) in [5.41, 5.74) is 3.70. The smallest absolute Gasteiger partial charge is 0.125 e. The van der Waals surface area contributed by atoms with Crippen molar-refractivity contribution in [2.24, 2.45) is 0 Å². The first-order valence-electron chi connectivity index (χ1n) is 15.2. The summed E-state index contributed by atoms with van der Waals surface area (Å²) < 4.78 is 12.8. The standard InChI is InChI=1S/C37H52O3/c1-9-11-24-39-33-20-18-29(35(3,4)5)26-31(33)37(38,23-22-28-16-14-13-15-17-28)32-27-30(36(6,7)8)19-21-34(32)40-25-12-10-2/h13-21,26-27,38H,9-12,22-25H2,1-8H3. The molecule has 0 aromatic heterocycles. The van der Waals surface area contributed by atoms with Crippen molar-refractivity contribution in [3.63, 3.8) is 0 Å². The molecule has 0 heterocycles. The van der Waals surface area contributed by atoms with E-state index in [9.17, 15) is 5.11 Å². The monoisotopic (exact) mass is 544 g/mol. The third-order valence-corrected chi connectivity index (χ3v) is 7.71. The minimum atomic E-state index is -1.32. The summed E-state index contributed by atoms with van der Waals surface area (Å²) in [4.78, 5) is 0. The molecule has 0 bridgehead atoms. The Morgan fingerprint density at radius 2 is 1.07 bits per heavy atom. The molecule has 0 saturated heterocycles. The van der Waals surface area contributed by atoms with Gasteiger partial charge < -0.3 is 14.6 Å². The van der Waals surface area contributed by atoms with Gasteiger partial charge >= 0.3 is 0 Å². The van der Waals surface area contributed by atoms with Gasteiger partial charge in [-0.15, -0.1) is 0 Å². The zero-order valence-electron chi connectivity index (χ0n) is 26.3. The van der Waals surface area contributed by atoms with E-state index in [1.165, 1.54) is 16.7 Å². The van der Waals surface area contributed by atoms with E-state index in [1.54, 1.807) is 0 Å². The fraction of sp³-hybridized carbons (Fsp3) is 0.514. The van der Waals surface area contributed by atoms with Crippen LogP contribution in [0.25, 0.3) is 0 Å². The molecule has 0 fully saturated rings. The van der Waals surface area contributed by atoms with Gasteiger partial charge in [-0.05, 0) is 77.5 Å². The first kappa shape index (κ1) is 31.7. The highest BCUT2D eigenvalue weighted by Gasteiger charge is 2.38. The van der Waals surface area contributed by atoms with E-state index in [0.717, 1.165) is 54.7 Å². The second kappa shape index (κ2) is 13.7. The van der Waals surface area contributed by atoms with Crippen LogP contribution in [0.15, 0.2) is 66.7 Å². The normalized spacial score (nSPS) is 12.4. The van der Waals surface area contributed by atoms with Gasteiger partial charge in [0.25, 0.3) is 0 Å². The molecule has 218 valence electrons. The minimum Gasteiger partial charge on any atom is -0.493 e. The van der Waals surface area contributed by atoms with Crippen LogP contribution in [0.3, 0.4) is 0 Å². The van der Waals surface area contributed by atoms with Crippen molar-refractivity contribution < 1.29 is 14.6 Å². The second-order valence-electron chi connectivity index (χ2n) is 13.2. The van der Waals surface area contributed by atoms with E-state index in [4.69, 9.17) is 9.47 Å². The number of hydrogen-bond donors (Lipinski definition) is 1. The Kier molecular flexibility index (Phi) is 10.9. The lowest BCUT2D eigenvalue weighted by Crippen LogP contribution is -2.31. The summed E-state index contributed by atoms with van der Waals surface area (Å²) >= 11 is 0. The van der Waals surface area contributed by atoms with E-state index in [0.29, 0.717) is 19.6 Å². The third kappa shape index (κ3) is 8.13. The van der Waals surface area contributed by atoms with Gasteiger partial charge in [0.1, 0.15) is 17.1 Å². The molecule has 1 N–H and O–H groups in total. The summed E-state index contributed by atoms with van der Waals surface area (Å²) in [7, 11) is 0. The predicted octanol–water partition coefficient (Wildman–Crippen LogP) is 9.51. The number of ether oxygens (including phenoxy) is 2. The van der Waals surface area contributed by atoms with Crippen LogP contribution < -0.4 is 9.47 Å². The van der Waals surface area contributed by atoms with Crippen molar-refractivity contribution in [2.45, 2.75) is 110 Å². The SMILES string of the molecule is CCCCOc1ccc(C(C)(C)C)cc1C(O)(CCc1ccccc1)c1cc(C(C)(C)C)ccc1OCCCC. The molecular weight excluding hydrogens is 492 g/mol. The maximum absolute atomic E-state index is 13.1. The minimum absolute atomic E-state index is 0.0786. The van der Waals surface area contributed by atoms with Crippen LogP contribution in [0.5, 0.6) is 11.5 Å². The molecule has 0 aliphatic carbocycles. The van der Waals surface area contributed by atoms with E-state index >= 15 is 0 Å². The van der Waals surface area contributed by atoms with Crippen LogP contribution in [0.2, 0.25) is 0 Å². The van der Waals surface area contributed by atoms with Crippen LogP contribution in [0, 0.1) is 0 Å². The summed E-state index contributed by atoms with van der Waals surface area (Å²) in [6.45, 7) is 18.9. The molecule has 0 saturated carbocycles. The zero-order valence-corrected chi connectivity index (χ0v) is 26.3. The highest BCUT2D eigenvalue weighted by atomic mass is 16.5. The molecule has 3 aromatic rings. The number of aryl methyl sites for hydroxylation is 1. The summed E-state index contributed by atoms with van der Waals surface area (Å²) in [6.07, 6.45) is 5.27. The number of aliphatic hydroxyl groups is 1. The number of benzene rings is 3. The van der Waals surface area contributed by atoms with Gasteiger partial charge in [0, 0.05) is 11.1 Å². The predicted molar refractivity (Wildman–Crippen MR) is 169 cm³/mol. The van der Waals surface area contributed by atoms with Gasteiger partial charge in [-0.1, -0.05) is 111 Å². The topological polar surface area (TPSA) is 38.7 Å². The Hall–Kier alpha value is -2.78. The number of unbranched alkanes of at least 4 members (excludes halogenated alkanes) is 2. The van der Waals surface area contributed by atoms with E-state index in [1.807, 2.05) is 6.07 Å². The molecule has 3 nitrogen and oxygen atoms in total. The van der Waals surface area contributed by atoms with Crippen molar-refractivity contribution in [2.75, 3.05) is 13.2 Å². The second-order valence-corrected chi connectivity index (χ2v) is 13.2. The Morgan fingerprint density at radius 3 is 1.48 bits per heavy atom. The fourth-order valence-corrected chi connectivity index (χ4v) is 4.93. The summed E-state index contributed by atoms with van der Waals surface area (Å²) in [5.74, 6) is 1.50. The third-order valence-electron chi connectivity index (χ3n) is 7.71. The molecule has 0 spiro atoms. The molecule has 0 aliphatic heterocycles. The summed E-state index contributed by atoms with van der Waals surface area (Å²) in [5, 5.41) is 13.1. The van der Waals surface area contributed by atoms with Gasteiger partial charge in [0.2, 0.25) is 0 Å². The lowest BCUT2D eigenvalue weighted by Gasteiger charge is -2.35. The Morgan fingerprint density at radius 1 is 0.625 bits per heavy atom. The van der Waals surface area contributed by atoms with Crippen molar-refractivity contribution in [1.29, 1.82) is 0 Å². The molecule has 3 rings (SSSR count). The van der Waals surface area contributed by atoms with Crippen LogP contribution in [-0.4, -0.2) is 18.3 Å². The first-order valence-corrected chi connectivity index (χ1v) is 15.2. The van der Waals surface area contributed by atoms with Gasteiger partial charge in [0.05, 0.1) is 13.2 Å². The van der Waals surface area contributed by atoms with Gasteiger partial charge in [0.15, 0.2) is 0 Å². The van der Waals surface area contributed by atoms with Crippen molar-refractivity contribution in [3.05, 3.63) is 94.5 Å². The van der Waals surface area contributed by atoms with Crippen molar-refractivity contribution in [1.82, 2.24) is 0 Å². The molecule has 0 amide bonds.